The largest absolute Gasteiger partial charge is 0.348 e. The van der Waals surface area contributed by atoms with E-state index in [-0.39, 0.29) is 11.8 Å². The summed E-state index contributed by atoms with van der Waals surface area (Å²) in [4.78, 5) is 28.7. The highest BCUT2D eigenvalue weighted by Crippen LogP contribution is 2.36. The lowest BCUT2D eigenvalue weighted by molar-refractivity contribution is -0.131. The SMILES string of the molecule is CCn1c(CN2CCCCCC2=O)nnc1SC(C(=O)N(C)C)c1ccccc1. The Labute approximate surface area is 176 Å². The molecule has 8 heteroatoms. The summed E-state index contributed by atoms with van der Waals surface area (Å²) in [6, 6.07) is 9.74. The normalized spacial score (nSPS) is 15.8. The van der Waals surface area contributed by atoms with Gasteiger partial charge in [-0.15, -0.1) is 10.2 Å². The van der Waals surface area contributed by atoms with Crippen molar-refractivity contribution in [2.24, 2.45) is 0 Å². The lowest BCUT2D eigenvalue weighted by Crippen LogP contribution is -2.31. The van der Waals surface area contributed by atoms with E-state index in [2.05, 4.69) is 10.2 Å². The monoisotopic (exact) mass is 415 g/mol. The summed E-state index contributed by atoms with van der Waals surface area (Å²) in [7, 11) is 3.53. The maximum Gasteiger partial charge on any atom is 0.240 e. The Hall–Kier alpha value is -2.35. The highest BCUT2D eigenvalue weighted by atomic mass is 32.2. The first-order chi connectivity index (χ1) is 14.0. The molecule has 3 rings (SSSR count). The number of benzene rings is 1. The average Bonchev–Trinajstić information content (AvgIpc) is 2.99. The number of hydrogen-bond donors (Lipinski definition) is 0. The summed E-state index contributed by atoms with van der Waals surface area (Å²) in [6.45, 7) is 3.96. The highest BCUT2D eigenvalue weighted by Gasteiger charge is 2.27. The summed E-state index contributed by atoms with van der Waals surface area (Å²) >= 11 is 1.41. The first kappa shape index (κ1) is 21.4. The Morgan fingerprint density at radius 2 is 1.93 bits per heavy atom. The van der Waals surface area contributed by atoms with Crippen LogP contribution in [0, 0.1) is 0 Å². The summed E-state index contributed by atoms with van der Waals surface area (Å²) in [6.07, 6.45) is 3.69. The lowest BCUT2D eigenvalue weighted by atomic mass is 10.1. The standard InChI is InChI=1S/C21H29N5O2S/c1-4-26-17(15-25-14-10-6-9-13-18(25)27)22-23-21(26)29-19(20(28)24(2)3)16-11-7-5-8-12-16/h5,7-8,11-12,19H,4,6,9-10,13-15H2,1-3H3. The van der Waals surface area contributed by atoms with E-state index in [4.69, 9.17) is 0 Å². The van der Waals surface area contributed by atoms with Gasteiger partial charge in [-0.1, -0.05) is 48.5 Å². The number of aromatic nitrogens is 3. The fourth-order valence-corrected chi connectivity index (χ4v) is 4.71. The molecule has 1 unspecified atom stereocenters. The number of carbonyl (C=O) groups is 2. The molecule has 1 fully saturated rings. The lowest BCUT2D eigenvalue weighted by Gasteiger charge is -2.22. The smallest absolute Gasteiger partial charge is 0.240 e. The Morgan fingerprint density at radius 3 is 2.62 bits per heavy atom. The molecule has 1 atom stereocenters. The van der Waals surface area contributed by atoms with Crippen LogP contribution in [-0.2, 0) is 22.7 Å². The number of amides is 2. The van der Waals surface area contributed by atoms with E-state index >= 15 is 0 Å². The second kappa shape index (κ2) is 9.91. The Bertz CT molecular complexity index is 837. The van der Waals surface area contributed by atoms with E-state index in [1.54, 1.807) is 19.0 Å². The predicted octanol–water partition coefficient (Wildman–Crippen LogP) is 3.12. The molecule has 1 aromatic carbocycles. The zero-order valence-corrected chi connectivity index (χ0v) is 18.2. The van der Waals surface area contributed by atoms with Crippen molar-refractivity contribution in [3.8, 4) is 0 Å². The minimum atomic E-state index is -0.395. The van der Waals surface area contributed by atoms with Crippen molar-refractivity contribution in [1.29, 1.82) is 0 Å². The van der Waals surface area contributed by atoms with Gasteiger partial charge in [-0.2, -0.15) is 0 Å². The molecule has 1 saturated heterocycles. The predicted molar refractivity (Wildman–Crippen MR) is 113 cm³/mol. The van der Waals surface area contributed by atoms with Gasteiger partial charge in [0, 0.05) is 33.6 Å². The summed E-state index contributed by atoms with van der Waals surface area (Å²) < 4.78 is 2.02. The van der Waals surface area contributed by atoms with Crippen molar-refractivity contribution < 1.29 is 9.59 Å². The van der Waals surface area contributed by atoms with Gasteiger partial charge >= 0.3 is 0 Å². The molecule has 0 aliphatic carbocycles. The van der Waals surface area contributed by atoms with Gasteiger partial charge in [0.1, 0.15) is 5.25 Å². The van der Waals surface area contributed by atoms with Crippen LogP contribution in [0.15, 0.2) is 35.5 Å². The molecular weight excluding hydrogens is 386 g/mol. The van der Waals surface area contributed by atoms with Crippen LogP contribution < -0.4 is 0 Å². The summed E-state index contributed by atoms with van der Waals surface area (Å²) in [5.74, 6) is 0.970. The van der Waals surface area contributed by atoms with E-state index in [1.807, 2.05) is 46.7 Å². The highest BCUT2D eigenvalue weighted by molar-refractivity contribution is 8.00. The minimum Gasteiger partial charge on any atom is -0.348 e. The molecule has 0 bridgehead atoms. The quantitative estimate of drug-likeness (QED) is 0.650. The minimum absolute atomic E-state index is 0.0103. The van der Waals surface area contributed by atoms with Gasteiger partial charge in [0.2, 0.25) is 11.8 Å². The number of nitrogens with zero attached hydrogens (tertiary/aromatic N) is 5. The van der Waals surface area contributed by atoms with Gasteiger partial charge in [-0.25, -0.2) is 0 Å². The van der Waals surface area contributed by atoms with Crippen LogP contribution in [0.5, 0.6) is 0 Å². The van der Waals surface area contributed by atoms with Gasteiger partial charge < -0.3 is 14.4 Å². The topological polar surface area (TPSA) is 71.3 Å². The maximum absolute atomic E-state index is 12.8. The van der Waals surface area contributed by atoms with Crippen molar-refractivity contribution in [1.82, 2.24) is 24.6 Å². The molecule has 1 aromatic heterocycles. The zero-order chi connectivity index (χ0) is 20.8. The second-order valence-corrected chi connectivity index (χ2v) is 8.48. The third-order valence-electron chi connectivity index (χ3n) is 5.10. The fraction of sp³-hybridized carbons (Fsp3) is 0.524. The van der Waals surface area contributed by atoms with Crippen molar-refractivity contribution in [3.05, 3.63) is 41.7 Å². The zero-order valence-electron chi connectivity index (χ0n) is 17.4. The van der Waals surface area contributed by atoms with Crippen LogP contribution in [-0.4, -0.2) is 57.0 Å². The maximum atomic E-state index is 12.8. The van der Waals surface area contributed by atoms with Crippen LogP contribution in [0.2, 0.25) is 0 Å². The first-order valence-corrected chi connectivity index (χ1v) is 11.0. The third-order valence-corrected chi connectivity index (χ3v) is 6.33. The van der Waals surface area contributed by atoms with Crippen LogP contribution in [0.3, 0.4) is 0 Å². The Morgan fingerprint density at radius 1 is 1.17 bits per heavy atom. The van der Waals surface area contributed by atoms with Gasteiger partial charge in [-0.3, -0.25) is 9.59 Å². The van der Waals surface area contributed by atoms with Crippen molar-refractivity contribution in [3.63, 3.8) is 0 Å². The summed E-state index contributed by atoms with van der Waals surface area (Å²) in [5, 5.41) is 9.05. The van der Waals surface area contributed by atoms with E-state index in [9.17, 15) is 9.59 Å². The van der Waals surface area contributed by atoms with Gasteiger partial charge in [-0.05, 0) is 25.3 Å². The molecule has 0 spiro atoms. The van der Waals surface area contributed by atoms with Crippen molar-refractivity contribution >= 4 is 23.6 Å². The molecule has 0 N–H and O–H groups in total. The molecule has 7 nitrogen and oxygen atoms in total. The van der Waals surface area contributed by atoms with Crippen LogP contribution in [0.1, 0.15) is 49.2 Å². The number of likely N-dealkylation sites (N-methyl/N-ethyl adjacent to an activating group) is 1. The van der Waals surface area contributed by atoms with E-state index < -0.39 is 5.25 Å². The molecular formula is C21H29N5O2S. The molecule has 2 amide bonds. The van der Waals surface area contributed by atoms with Crippen molar-refractivity contribution in [2.45, 2.75) is 56.1 Å². The number of rotatable bonds is 7. The number of carbonyl (C=O) groups excluding carboxylic acids is 2. The molecule has 0 saturated carbocycles. The van der Waals surface area contributed by atoms with Crippen LogP contribution >= 0.6 is 11.8 Å². The molecule has 1 aliphatic heterocycles. The third kappa shape index (κ3) is 5.18. The second-order valence-electron chi connectivity index (χ2n) is 7.41. The average molecular weight is 416 g/mol. The molecule has 156 valence electrons. The van der Waals surface area contributed by atoms with Gasteiger partial charge in [0.05, 0.1) is 6.54 Å². The molecule has 1 aliphatic rings. The first-order valence-electron chi connectivity index (χ1n) is 10.1. The van der Waals surface area contributed by atoms with Crippen LogP contribution in [0.4, 0.5) is 0 Å². The van der Waals surface area contributed by atoms with E-state index in [0.29, 0.717) is 24.7 Å². The molecule has 2 heterocycles. The number of thioether (sulfide) groups is 1. The van der Waals surface area contributed by atoms with Crippen LogP contribution in [0.25, 0.3) is 0 Å². The van der Waals surface area contributed by atoms with Gasteiger partial charge in [0.25, 0.3) is 0 Å². The van der Waals surface area contributed by atoms with Crippen molar-refractivity contribution in [2.75, 3.05) is 20.6 Å². The summed E-state index contributed by atoms with van der Waals surface area (Å²) in [5.41, 5.74) is 0.936. The molecule has 2 aromatic rings. The molecule has 29 heavy (non-hydrogen) atoms. The number of hydrogen-bond acceptors (Lipinski definition) is 5. The molecule has 0 radical (unpaired) electrons. The van der Waals surface area contributed by atoms with Gasteiger partial charge in [0.15, 0.2) is 11.0 Å². The fourth-order valence-electron chi connectivity index (χ4n) is 3.45. The number of likely N-dealkylation sites (tertiary alicyclic amines) is 1. The van der Waals surface area contributed by atoms with E-state index in [0.717, 1.165) is 37.2 Å². The Balaban J connectivity index is 1.84. The Kier molecular flexibility index (Phi) is 7.30. The van der Waals surface area contributed by atoms with E-state index in [1.165, 1.54) is 11.8 Å².